The third-order valence-electron chi connectivity index (χ3n) is 3.00. The number of hydrogen-bond donors (Lipinski definition) is 2. The van der Waals surface area contributed by atoms with Crippen molar-refractivity contribution in [3.05, 3.63) is 29.3 Å². The van der Waals surface area contributed by atoms with Crippen LogP contribution in [0.4, 0.5) is 0 Å². The molecule has 0 fully saturated rings. The predicted octanol–water partition coefficient (Wildman–Crippen LogP) is 0.797. The summed E-state index contributed by atoms with van der Waals surface area (Å²) in [6.07, 6.45) is 0. The summed E-state index contributed by atoms with van der Waals surface area (Å²) in [6.45, 7) is 5.71. The molecule has 0 aliphatic carbocycles. The number of carbonyl (C=O) groups excluding carboxylic acids is 1. The second kappa shape index (κ2) is 5.90. The Morgan fingerprint density at radius 2 is 2.00 bits per heavy atom. The minimum absolute atomic E-state index is 0.0104. The van der Waals surface area contributed by atoms with Crippen LogP contribution < -0.4 is 10.5 Å². The molecule has 6 nitrogen and oxygen atoms in total. The van der Waals surface area contributed by atoms with Crippen molar-refractivity contribution in [2.45, 2.75) is 31.3 Å². The number of amides is 1. The summed E-state index contributed by atoms with van der Waals surface area (Å²) in [5, 5.41) is 7.79. The van der Waals surface area contributed by atoms with Crippen LogP contribution in [0.2, 0.25) is 0 Å². The lowest BCUT2D eigenvalue weighted by atomic mass is 10.1. The third-order valence-corrected chi connectivity index (χ3v) is 3.91. The van der Waals surface area contributed by atoms with Gasteiger partial charge in [-0.3, -0.25) is 4.79 Å². The molecule has 0 unspecified atom stereocenters. The monoisotopic (exact) mass is 300 g/mol. The van der Waals surface area contributed by atoms with E-state index in [1.165, 1.54) is 18.2 Å². The van der Waals surface area contributed by atoms with Gasteiger partial charge in [0.2, 0.25) is 10.0 Å². The number of ether oxygens (including phenoxy) is 1. The lowest BCUT2D eigenvalue weighted by molar-refractivity contribution is 0.0228. The summed E-state index contributed by atoms with van der Waals surface area (Å²) in [7, 11) is -2.19. The van der Waals surface area contributed by atoms with E-state index >= 15 is 0 Å². The van der Waals surface area contributed by atoms with E-state index < -0.39 is 15.6 Å². The van der Waals surface area contributed by atoms with Crippen molar-refractivity contribution in [3.63, 3.8) is 0 Å². The number of sulfonamides is 1. The van der Waals surface area contributed by atoms with Crippen LogP contribution >= 0.6 is 0 Å². The number of nitrogens with two attached hydrogens (primary N) is 1. The Bertz CT molecular complexity index is 609. The molecule has 1 amide bonds. The lowest BCUT2D eigenvalue weighted by Gasteiger charge is -2.23. The molecule has 0 spiro atoms. The van der Waals surface area contributed by atoms with E-state index in [1.807, 2.05) is 13.8 Å². The highest BCUT2D eigenvalue weighted by Crippen LogP contribution is 2.15. The van der Waals surface area contributed by atoms with Gasteiger partial charge in [0, 0.05) is 19.2 Å². The molecule has 0 bridgehead atoms. The Labute approximate surface area is 119 Å². The Balaban J connectivity index is 2.91. The van der Waals surface area contributed by atoms with Crippen LogP contribution in [0, 0.1) is 6.92 Å². The van der Waals surface area contributed by atoms with Crippen LogP contribution in [0.15, 0.2) is 23.1 Å². The molecule has 1 aromatic carbocycles. The second-order valence-corrected chi connectivity index (χ2v) is 6.73. The lowest BCUT2D eigenvalue weighted by Crippen LogP contribution is -2.39. The van der Waals surface area contributed by atoms with Gasteiger partial charge in [-0.15, -0.1) is 0 Å². The molecule has 0 aliphatic rings. The number of carbonyl (C=O) groups is 1. The number of rotatable bonds is 5. The minimum atomic E-state index is -3.76. The first-order chi connectivity index (χ1) is 9.07. The fourth-order valence-corrected chi connectivity index (χ4v) is 2.13. The van der Waals surface area contributed by atoms with Gasteiger partial charge in [0.05, 0.1) is 10.5 Å². The van der Waals surface area contributed by atoms with Crippen molar-refractivity contribution in [1.82, 2.24) is 5.32 Å². The molecule has 7 heteroatoms. The molecule has 0 atom stereocenters. The van der Waals surface area contributed by atoms with Crippen molar-refractivity contribution in [2.75, 3.05) is 13.7 Å². The molecule has 0 aromatic heterocycles. The zero-order chi connectivity index (χ0) is 15.6. The molecule has 1 rings (SSSR count). The molecule has 0 radical (unpaired) electrons. The summed E-state index contributed by atoms with van der Waals surface area (Å²) in [6, 6.07) is 4.15. The highest BCUT2D eigenvalue weighted by atomic mass is 32.2. The van der Waals surface area contributed by atoms with Gasteiger partial charge >= 0.3 is 0 Å². The highest BCUT2D eigenvalue weighted by Gasteiger charge is 2.19. The fourth-order valence-electron chi connectivity index (χ4n) is 1.53. The quantitative estimate of drug-likeness (QED) is 0.840. The highest BCUT2D eigenvalue weighted by molar-refractivity contribution is 7.89. The van der Waals surface area contributed by atoms with E-state index in [9.17, 15) is 13.2 Å². The van der Waals surface area contributed by atoms with Gasteiger partial charge in [-0.2, -0.15) is 0 Å². The van der Waals surface area contributed by atoms with Crippen molar-refractivity contribution in [2.24, 2.45) is 5.14 Å². The third kappa shape index (κ3) is 4.29. The Morgan fingerprint density at radius 3 is 2.45 bits per heavy atom. The van der Waals surface area contributed by atoms with E-state index in [0.717, 1.165) is 0 Å². The summed E-state index contributed by atoms with van der Waals surface area (Å²) in [5.41, 5.74) is 0.484. The zero-order valence-electron chi connectivity index (χ0n) is 12.1. The van der Waals surface area contributed by atoms with Gasteiger partial charge in [-0.05, 0) is 44.5 Å². The second-order valence-electron chi connectivity index (χ2n) is 5.17. The minimum Gasteiger partial charge on any atom is -0.377 e. The van der Waals surface area contributed by atoms with Crippen LogP contribution in [-0.4, -0.2) is 33.6 Å². The largest absolute Gasteiger partial charge is 0.377 e. The fraction of sp³-hybridized carbons (Fsp3) is 0.462. The average molecular weight is 300 g/mol. The number of primary sulfonamides is 1. The Kier molecular flexibility index (Phi) is 4.90. The van der Waals surface area contributed by atoms with E-state index in [-0.39, 0.29) is 10.8 Å². The van der Waals surface area contributed by atoms with Gasteiger partial charge in [0.1, 0.15) is 0 Å². The average Bonchev–Trinajstić information content (AvgIpc) is 2.35. The van der Waals surface area contributed by atoms with Crippen LogP contribution in [0.25, 0.3) is 0 Å². The van der Waals surface area contributed by atoms with Crippen LogP contribution in [0.5, 0.6) is 0 Å². The summed E-state index contributed by atoms with van der Waals surface area (Å²) in [5.74, 6) is -0.284. The molecule has 112 valence electrons. The van der Waals surface area contributed by atoms with Crippen LogP contribution in [0.1, 0.15) is 29.8 Å². The van der Waals surface area contributed by atoms with E-state index in [2.05, 4.69) is 5.32 Å². The number of aryl methyl sites for hydroxylation is 1. The topological polar surface area (TPSA) is 98.5 Å². The van der Waals surface area contributed by atoms with Gasteiger partial charge < -0.3 is 10.1 Å². The first kappa shape index (κ1) is 16.6. The zero-order valence-corrected chi connectivity index (χ0v) is 12.9. The number of nitrogens with one attached hydrogen (secondary N) is 1. The molecule has 0 saturated heterocycles. The Morgan fingerprint density at radius 1 is 1.40 bits per heavy atom. The maximum atomic E-state index is 12.0. The number of benzene rings is 1. The van der Waals surface area contributed by atoms with Gasteiger partial charge in [0.25, 0.3) is 5.91 Å². The van der Waals surface area contributed by atoms with Gasteiger partial charge in [-0.25, -0.2) is 13.6 Å². The van der Waals surface area contributed by atoms with Crippen molar-refractivity contribution < 1.29 is 17.9 Å². The van der Waals surface area contributed by atoms with Crippen LogP contribution in [0.3, 0.4) is 0 Å². The maximum Gasteiger partial charge on any atom is 0.251 e. The SMILES string of the molecule is COC(C)(C)CNC(=O)c1ccc(S(N)(=O)=O)cc1C. The maximum absolute atomic E-state index is 12.0. The molecule has 20 heavy (non-hydrogen) atoms. The first-order valence-electron chi connectivity index (χ1n) is 6.03. The first-order valence-corrected chi connectivity index (χ1v) is 7.58. The number of methoxy groups -OCH3 is 1. The number of hydrogen-bond acceptors (Lipinski definition) is 4. The normalized spacial score (nSPS) is 12.2. The molecular weight excluding hydrogens is 280 g/mol. The van der Waals surface area contributed by atoms with Crippen LogP contribution in [-0.2, 0) is 14.8 Å². The van der Waals surface area contributed by atoms with Gasteiger partial charge in [0.15, 0.2) is 0 Å². The summed E-state index contributed by atoms with van der Waals surface area (Å²) < 4.78 is 27.7. The molecule has 1 aromatic rings. The standard InChI is InChI=1S/C13H20N2O4S/c1-9-7-10(20(14,17)18)5-6-11(9)12(16)15-8-13(2,3)19-4/h5-7H,8H2,1-4H3,(H,15,16)(H2,14,17,18). The molecule has 0 heterocycles. The molecule has 0 aliphatic heterocycles. The predicted molar refractivity (Wildman–Crippen MR) is 76.0 cm³/mol. The van der Waals surface area contributed by atoms with E-state index in [1.54, 1.807) is 14.0 Å². The summed E-state index contributed by atoms with van der Waals surface area (Å²) in [4.78, 5) is 12.0. The molecule has 3 N–H and O–H groups in total. The summed E-state index contributed by atoms with van der Waals surface area (Å²) >= 11 is 0. The van der Waals surface area contributed by atoms with E-state index in [0.29, 0.717) is 17.7 Å². The van der Waals surface area contributed by atoms with Gasteiger partial charge in [-0.1, -0.05) is 0 Å². The van der Waals surface area contributed by atoms with Crippen molar-refractivity contribution >= 4 is 15.9 Å². The smallest absolute Gasteiger partial charge is 0.251 e. The molecule has 0 saturated carbocycles. The van der Waals surface area contributed by atoms with Crippen molar-refractivity contribution in [3.8, 4) is 0 Å². The van der Waals surface area contributed by atoms with E-state index in [4.69, 9.17) is 9.88 Å². The molecular formula is C13H20N2O4S. The van der Waals surface area contributed by atoms with Crippen molar-refractivity contribution in [1.29, 1.82) is 0 Å². The Hall–Kier alpha value is -1.44.